The Bertz CT molecular complexity index is 910. The fraction of sp³-hybridized carbons (Fsp3) is 0.370. The van der Waals surface area contributed by atoms with Crippen molar-refractivity contribution in [3.8, 4) is 0 Å². The molecular formula is C27H35N2PS. The van der Waals surface area contributed by atoms with Crippen molar-refractivity contribution in [3.05, 3.63) is 83.1 Å². The van der Waals surface area contributed by atoms with Gasteiger partial charge in [0, 0.05) is 23.5 Å². The molecule has 3 aromatic rings. The Morgan fingerprint density at radius 1 is 0.839 bits per heavy atom. The van der Waals surface area contributed by atoms with Crippen molar-refractivity contribution in [1.82, 2.24) is 10.6 Å². The van der Waals surface area contributed by atoms with Crippen molar-refractivity contribution in [2.24, 2.45) is 0 Å². The van der Waals surface area contributed by atoms with Crippen LogP contribution in [0.1, 0.15) is 37.5 Å². The van der Waals surface area contributed by atoms with Crippen molar-refractivity contribution in [2.75, 3.05) is 12.7 Å². The zero-order chi connectivity index (χ0) is 21.4. The molecular weight excluding hydrogens is 415 g/mol. The average molecular weight is 451 g/mol. The first-order chi connectivity index (χ1) is 15.3. The van der Waals surface area contributed by atoms with Gasteiger partial charge in [-0.1, -0.05) is 92.3 Å². The van der Waals surface area contributed by atoms with Gasteiger partial charge in [0.25, 0.3) is 0 Å². The lowest BCUT2D eigenvalue weighted by atomic mass is 9.90. The molecule has 1 unspecified atom stereocenters. The van der Waals surface area contributed by atoms with E-state index in [1.807, 2.05) is 11.3 Å². The molecule has 1 aliphatic carbocycles. The quantitative estimate of drug-likeness (QED) is 0.436. The molecule has 2 aromatic carbocycles. The van der Waals surface area contributed by atoms with Crippen LogP contribution in [0.3, 0.4) is 0 Å². The van der Waals surface area contributed by atoms with Crippen LogP contribution in [0.5, 0.6) is 0 Å². The van der Waals surface area contributed by atoms with E-state index in [9.17, 15) is 0 Å². The van der Waals surface area contributed by atoms with Gasteiger partial charge in [-0.25, -0.2) is 0 Å². The predicted octanol–water partition coefficient (Wildman–Crippen LogP) is 5.23. The molecule has 0 bridgehead atoms. The maximum atomic E-state index is 3.98. The Labute approximate surface area is 192 Å². The molecule has 1 heterocycles. The first-order valence-electron chi connectivity index (χ1n) is 11.6. The molecule has 0 spiro atoms. The van der Waals surface area contributed by atoms with Gasteiger partial charge in [-0.05, 0) is 54.5 Å². The molecule has 4 heteroatoms. The van der Waals surface area contributed by atoms with Crippen LogP contribution in [0, 0.1) is 0 Å². The second-order valence-corrected chi connectivity index (χ2v) is 13.2. The van der Waals surface area contributed by atoms with Gasteiger partial charge >= 0.3 is 0 Å². The summed E-state index contributed by atoms with van der Waals surface area (Å²) in [5.74, 6) is 2.51. The molecule has 2 nitrogen and oxygen atoms in total. The summed E-state index contributed by atoms with van der Waals surface area (Å²) in [5.41, 5.74) is 0. The van der Waals surface area contributed by atoms with Crippen LogP contribution in [0.2, 0.25) is 0 Å². The van der Waals surface area contributed by atoms with Crippen molar-refractivity contribution in [2.45, 2.75) is 51.2 Å². The predicted molar refractivity (Wildman–Crippen MR) is 141 cm³/mol. The summed E-state index contributed by atoms with van der Waals surface area (Å²) in [6.45, 7) is 2.79. The number of rotatable bonds is 9. The molecule has 31 heavy (non-hydrogen) atoms. The van der Waals surface area contributed by atoms with Gasteiger partial charge in [-0.15, -0.1) is 11.3 Å². The monoisotopic (exact) mass is 450 g/mol. The summed E-state index contributed by atoms with van der Waals surface area (Å²) in [5, 5.41) is 13.0. The number of nitrogens with one attached hydrogen (secondary N) is 2. The highest BCUT2D eigenvalue weighted by atomic mass is 32.1. The van der Waals surface area contributed by atoms with E-state index in [0.29, 0.717) is 12.1 Å². The minimum Gasteiger partial charge on any atom is -0.312 e. The van der Waals surface area contributed by atoms with Crippen LogP contribution < -0.4 is 21.2 Å². The Kier molecular flexibility index (Phi) is 8.21. The van der Waals surface area contributed by atoms with Crippen LogP contribution in [-0.4, -0.2) is 30.6 Å². The molecule has 1 fully saturated rings. The molecule has 1 aromatic heterocycles. The summed E-state index contributed by atoms with van der Waals surface area (Å²) < 4.78 is 0. The van der Waals surface area contributed by atoms with Gasteiger partial charge in [0.2, 0.25) is 0 Å². The molecule has 0 saturated heterocycles. The minimum atomic E-state index is -1.53. The van der Waals surface area contributed by atoms with Gasteiger partial charge < -0.3 is 10.6 Å². The average Bonchev–Trinajstić information content (AvgIpc) is 3.36. The van der Waals surface area contributed by atoms with Crippen molar-refractivity contribution < 1.29 is 0 Å². The number of hydrogen-bond acceptors (Lipinski definition) is 3. The Morgan fingerprint density at radius 2 is 1.45 bits per heavy atom. The van der Waals surface area contributed by atoms with E-state index >= 15 is 0 Å². The minimum absolute atomic E-state index is 0.569. The van der Waals surface area contributed by atoms with E-state index in [4.69, 9.17) is 0 Å². The summed E-state index contributed by atoms with van der Waals surface area (Å²) in [6, 6.07) is 27.8. The topological polar surface area (TPSA) is 24.1 Å². The third kappa shape index (κ3) is 5.59. The largest absolute Gasteiger partial charge is 0.312 e. The van der Waals surface area contributed by atoms with Crippen molar-refractivity contribution >= 4 is 34.6 Å². The maximum absolute atomic E-state index is 3.98. The SMILES string of the molecule is CC=P(CCN[C@@H]1CCCCC1NCc1cccs1)(c1ccccc1)c1ccccc1. The molecule has 2 atom stereocenters. The lowest BCUT2D eigenvalue weighted by Gasteiger charge is -2.34. The number of benzene rings is 2. The van der Waals surface area contributed by atoms with Crippen LogP contribution in [0.25, 0.3) is 0 Å². The molecule has 0 radical (unpaired) electrons. The maximum Gasteiger partial charge on any atom is 0.0302 e. The Hall–Kier alpha value is -1.64. The highest BCUT2D eigenvalue weighted by molar-refractivity contribution is 7.88. The molecule has 0 amide bonds. The first kappa shape index (κ1) is 22.6. The van der Waals surface area contributed by atoms with Crippen LogP contribution >= 0.6 is 18.2 Å². The van der Waals surface area contributed by atoms with Crippen molar-refractivity contribution in [3.63, 3.8) is 0 Å². The van der Waals surface area contributed by atoms with E-state index < -0.39 is 6.89 Å². The summed E-state index contributed by atoms with van der Waals surface area (Å²) in [6.07, 6.45) is 6.41. The molecule has 164 valence electrons. The molecule has 4 rings (SSSR count). The highest BCUT2D eigenvalue weighted by Crippen LogP contribution is 2.43. The Balaban J connectivity index is 1.45. The van der Waals surface area contributed by atoms with E-state index in [1.165, 1.54) is 47.3 Å². The van der Waals surface area contributed by atoms with Crippen LogP contribution in [0.4, 0.5) is 0 Å². The number of hydrogen-bond donors (Lipinski definition) is 2. The molecule has 1 aliphatic rings. The van der Waals surface area contributed by atoms with Crippen LogP contribution in [0.15, 0.2) is 78.2 Å². The zero-order valence-corrected chi connectivity index (χ0v) is 20.3. The number of thiophene rings is 1. The molecule has 2 N–H and O–H groups in total. The fourth-order valence-corrected chi connectivity index (χ4v) is 9.13. The standard InChI is InChI=1S/C27H35N2PS/c1-2-30(23-12-5-3-6-13-23,24-14-7-4-8-15-24)20-19-28-26-17-9-10-18-27(26)29-22-25-16-11-21-31-25/h2-8,11-16,21,26-29H,9-10,17-20,22H2,1H3/t26-,27?/m1/s1. The van der Waals surface area contributed by atoms with Gasteiger partial charge in [0.1, 0.15) is 0 Å². The highest BCUT2D eigenvalue weighted by Gasteiger charge is 2.26. The van der Waals surface area contributed by atoms with Gasteiger partial charge in [0.05, 0.1) is 0 Å². The fourth-order valence-electron chi connectivity index (χ4n) is 4.91. The second kappa shape index (κ2) is 11.3. The molecule has 0 aliphatic heterocycles. The van der Waals surface area contributed by atoms with E-state index in [0.717, 1.165) is 13.1 Å². The smallest absolute Gasteiger partial charge is 0.0302 e. The Morgan fingerprint density at radius 3 is 2.00 bits per heavy atom. The van der Waals surface area contributed by atoms with Crippen LogP contribution in [-0.2, 0) is 6.54 Å². The van der Waals surface area contributed by atoms with Gasteiger partial charge in [-0.2, -0.15) is 0 Å². The van der Waals surface area contributed by atoms with E-state index in [2.05, 4.69) is 102 Å². The van der Waals surface area contributed by atoms with Crippen molar-refractivity contribution in [1.29, 1.82) is 0 Å². The van der Waals surface area contributed by atoms with E-state index in [-0.39, 0.29) is 0 Å². The second-order valence-electron chi connectivity index (χ2n) is 8.43. The summed E-state index contributed by atoms with van der Waals surface area (Å²) >= 11 is 1.85. The third-order valence-electron chi connectivity index (χ3n) is 6.63. The zero-order valence-electron chi connectivity index (χ0n) is 18.5. The van der Waals surface area contributed by atoms with Gasteiger partial charge in [-0.3, -0.25) is 0 Å². The first-order valence-corrected chi connectivity index (χ1v) is 14.5. The summed E-state index contributed by atoms with van der Waals surface area (Å²) in [4.78, 5) is 1.43. The lowest BCUT2D eigenvalue weighted by Crippen LogP contribution is -2.50. The summed E-state index contributed by atoms with van der Waals surface area (Å²) in [7, 11) is 0. The third-order valence-corrected chi connectivity index (χ3v) is 11.8. The lowest BCUT2D eigenvalue weighted by molar-refractivity contribution is 0.287. The van der Waals surface area contributed by atoms with E-state index in [1.54, 1.807) is 0 Å². The van der Waals surface area contributed by atoms with Gasteiger partial charge in [0.15, 0.2) is 0 Å². The molecule has 1 saturated carbocycles. The normalized spacial score (nSPS) is 19.3.